The van der Waals surface area contributed by atoms with Crippen LogP contribution in [0.2, 0.25) is 0 Å². The third-order valence-corrected chi connectivity index (χ3v) is 4.81. The van der Waals surface area contributed by atoms with Gasteiger partial charge in [0.15, 0.2) is 0 Å². The maximum absolute atomic E-state index is 12.8. The summed E-state index contributed by atoms with van der Waals surface area (Å²) >= 11 is 0. The Bertz CT molecular complexity index is 1050. The predicted molar refractivity (Wildman–Crippen MR) is 107 cm³/mol. The second-order valence-corrected chi connectivity index (χ2v) is 6.78. The molecule has 0 saturated carbocycles. The second-order valence-electron chi connectivity index (χ2n) is 6.78. The van der Waals surface area contributed by atoms with Gasteiger partial charge in [0.05, 0.1) is 16.8 Å². The minimum Gasteiger partial charge on any atom is -0.273 e. The van der Waals surface area contributed by atoms with E-state index in [-0.39, 0.29) is 17.7 Å². The molecule has 0 radical (unpaired) electrons. The molecule has 2 heterocycles. The van der Waals surface area contributed by atoms with Gasteiger partial charge >= 0.3 is 0 Å². The highest BCUT2D eigenvalue weighted by Gasteiger charge is 2.17. The summed E-state index contributed by atoms with van der Waals surface area (Å²) in [5.74, 6) is -0.321. The molecule has 28 heavy (non-hydrogen) atoms. The van der Waals surface area contributed by atoms with Crippen molar-refractivity contribution in [1.29, 1.82) is 0 Å². The average Bonchev–Trinajstić information content (AvgIpc) is 3.25. The number of para-hydroxylation sites is 1. The third kappa shape index (κ3) is 3.91. The van der Waals surface area contributed by atoms with Crippen LogP contribution in [-0.4, -0.2) is 21.8 Å². The van der Waals surface area contributed by atoms with Crippen molar-refractivity contribution < 1.29 is 9.59 Å². The van der Waals surface area contributed by atoms with Crippen LogP contribution in [0, 0.1) is 5.92 Å². The zero-order valence-electron chi connectivity index (χ0n) is 15.3. The molecule has 6 nitrogen and oxygen atoms in total. The molecule has 1 aliphatic carbocycles. The van der Waals surface area contributed by atoms with Crippen molar-refractivity contribution >= 4 is 22.7 Å². The molecule has 6 heteroatoms. The average molecular weight is 372 g/mol. The van der Waals surface area contributed by atoms with Crippen LogP contribution in [0.4, 0.5) is 0 Å². The van der Waals surface area contributed by atoms with Gasteiger partial charge < -0.3 is 0 Å². The monoisotopic (exact) mass is 372 g/mol. The van der Waals surface area contributed by atoms with E-state index in [1.807, 2.05) is 36.4 Å². The summed E-state index contributed by atoms with van der Waals surface area (Å²) in [4.78, 5) is 33.6. The number of fused-ring (bicyclic) bond motifs is 1. The smallest absolute Gasteiger partial charge is 0.270 e. The predicted octanol–water partition coefficient (Wildman–Crippen LogP) is 3.41. The van der Waals surface area contributed by atoms with Gasteiger partial charge in [-0.3, -0.25) is 25.4 Å². The Balaban J connectivity index is 1.57. The number of pyridine rings is 2. The Morgan fingerprint density at radius 1 is 1.07 bits per heavy atom. The maximum Gasteiger partial charge on any atom is 0.270 e. The second kappa shape index (κ2) is 8.00. The third-order valence-electron chi connectivity index (χ3n) is 4.81. The van der Waals surface area contributed by atoms with Crippen LogP contribution in [0.15, 0.2) is 67.0 Å². The molecule has 0 fully saturated rings. The van der Waals surface area contributed by atoms with Crippen LogP contribution in [0.3, 0.4) is 0 Å². The number of aromatic nitrogens is 2. The Kier molecular flexibility index (Phi) is 5.10. The summed E-state index contributed by atoms with van der Waals surface area (Å²) in [6, 6.07) is 12.9. The van der Waals surface area contributed by atoms with Crippen molar-refractivity contribution in [3.8, 4) is 11.3 Å². The summed E-state index contributed by atoms with van der Waals surface area (Å²) in [6.45, 7) is 0. The van der Waals surface area contributed by atoms with Gasteiger partial charge in [-0.25, -0.2) is 4.98 Å². The van der Waals surface area contributed by atoms with E-state index < -0.39 is 0 Å². The van der Waals surface area contributed by atoms with Crippen LogP contribution >= 0.6 is 0 Å². The number of hydrogen-bond acceptors (Lipinski definition) is 4. The van der Waals surface area contributed by atoms with Gasteiger partial charge in [-0.1, -0.05) is 30.4 Å². The van der Waals surface area contributed by atoms with Crippen LogP contribution in [0.5, 0.6) is 0 Å². The Labute approximate surface area is 162 Å². The first-order chi connectivity index (χ1) is 13.7. The molecule has 0 bridgehead atoms. The molecule has 1 aromatic carbocycles. The van der Waals surface area contributed by atoms with Crippen molar-refractivity contribution in [2.75, 3.05) is 0 Å². The van der Waals surface area contributed by atoms with Crippen molar-refractivity contribution in [3.63, 3.8) is 0 Å². The van der Waals surface area contributed by atoms with Gasteiger partial charge in [0.25, 0.3) is 5.91 Å². The van der Waals surface area contributed by atoms with E-state index in [2.05, 4.69) is 33.0 Å². The molecule has 4 rings (SSSR count). The Morgan fingerprint density at radius 2 is 1.89 bits per heavy atom. The van der Waals surface area contributed by atoms with Crippen molar-refractivity contribution in [1.82, 2.24) is 20.8 Å². The Hall–Kier alpha value is -3.54. The minimum atomic E-state index is -0.371. The highest BCUT2D eigenvalue weighted by Crippen LogP contribution is 2.24. The number of rotatable bonds is 4. The molecule has 1 unspecified atom stereocenters. The molecule has 0 spiro atoms. The van der Waals surface area contributed by atoms with Gasteiger partial charge in [-0.2, -0.15) is 0 Å². The van der Waals surface area contributed by atoms with Gasteiger partial charge in [-0.05, 0) is 43.0 Å². The molecular weight excluding hydrogens is 352 g/mol. The molecule has 2 amide bonds. The highest BCUT2D eigenvalue weighted by atomic mass is 16.2. The van der Waals surface area contributed by atoms with E-state index >= 15 is 0 Å². The van der Waals surface area contributed by atoms with E-state index in [1.165, 1.54) is 0 Å². The normalized spacial score (nSPS) is 15.5. The molecule has 0 saturated heterocycles. The number of carbonyl (C=O) groups is 2. The summed E-state index contributed by atoms with van der Waals surface area (Å²) in [7, 11) is 0. The lowest BCUT2D eigenvalue weighted by Crippen LogP contribution is -2.42. The van der Waals surface area contributed by atoms with E-state index in [0.29, 0.717) is 23.2 Å². The van der Waals surface area contributed by atoms with Crippen LogP contribution in [0.25, 0.3) is 22.2 Å². The zero-order chi connectivity index (χ0) is 19.3. The molecule has 140 valence electrons. The SMILES string of the molecule is O=C(CC1C=CCC1)NNC(=O)c1cc(-c2ccncc2)nc2ccccc12. The van der Waals surface area contributed by atoms with Crippen LogP contribution in [-0.2, 0) is 4.79 Å². The van der Waals surface area contributed by atoms with E-state index in [0.717, 1.165) is 23.8 Å². The number of benzene rings is 1. The molecule has 2 aromatic heterocycles. The Morgan fingerprint density at radius 3 is 2.68 bits per heavy atom. The topological polar surface area (TPSA) is 84.0 Å². The number of allylic oxidation sites excluding steroid dienone is 2. The van der Waals surface area contributed by atoms with E-state index in [4.69, 9.17) is 0 Å². The lowest BCUT2D eigenvalue weighted by atomic mass is 10.0. The lowest BCUT2D eigenvalue weighted by Gasteiger charge is -2.12. The van der Waals surface area contributed by atoms with Crippen molar-refractivity contribution in [3.05, 3.63) is 72.6 Å². The van der Waals surface area contributed by atoms with Crippen molar-refractivity contribution in [2.24, 2.45) is 5.92 Å². The number of amides is 2. The minimum absolute atomic E-state index is 0.197. The molecular formula is C22H20N4O2. The molecule has 2 N–H and O–H groups in total. The quantitative estimate of drug-likeness (QED) is 0.543. The van der Waals surface area contributed by atoms with Gasteiger partial charge in [0.1, 0.15) is 0 Å². The number of nitrogens with zero attached hydrogens (tertiary/aromatic N) is 2. The fourth-order valence-electron chi connectivity index (χ4n) is 3.38. The molecule has 1 aliphatic rings. The first kappa shape index (κ1) is 17.9. The van der Waals surface area contributed by atoms with Gasteiger partial charge in [0, 0.05) is 29.8 Å². The summed E-state index contributed by atoms with van der Waals surface area (Å²) < 4.78 is 0. The molecule has 3 aromatic rings. The number of carbonyl (C=O) groups excluding carboxylic acids is 2. The molecule has 0 aliphatic heterocycles. The maximum atomic E-state index is 12.8. The largest absolute Gasteiger partial charge is 0.273 e. The summed E-state index contributed by atoms with van der Waals surface area (Å²) in [5.41, 5.74) is 7.78. The summed E-state index contributed by atoms with van der Waals surface area (Å²) in [6.07, 6.45) is 9.86. The number of nitrogens with one attached hydrogen (secondary N) is 2. The van der Waals surface area contributed by atoms with Crippen LogP contribution in [0.1, 0.15) is 29.6 Å². The number of hydrazine groups is 1. The highest BCUT2D eigenvalue weighted by molar-refractivity contribution is 6.07. The first-order valence-electron chi connectivity index (χ1n) is 9.27. The van der Waals surface area contributed by atoms with Crippen LogP contribution < -0.4 is 10.9 Å². The molecule has 1 atom stereocenters. The first-order valence-corrected chi connectivity index (χ1v) is 9.27. The zero-order valence-corrected chi connectivity index (χ0v) is 15.3. The lowest BCUT2D eigenvalue weighted by molar-refractivity contribution is -0.122. The van der Waals surface area contributed by atoms with Gasteiger partial charge in [-0.15, -0.1) is 0 Å². The fraction of sp³-hybridized carbons (Fsp3) is 0.182. The van der Waals surface area contributed by atoms with E-state index in [9.17, 15) is 9.59 Å². The fourth-order valence-corrected chi connectivity index (χ4v) is 3.38. The van der Waals surface area contributed by atoms with E-state index in [1.54, 1.807) is 18.5 Å². The van der Waals surface area contributed by atoms with Gasteiger partial charge in [0.2, 0.25) is 5.91 Å². The number of hydrogen-bond donors (Lipinski definition) is 2. The summed E-state index contributed by atoms with van der Waals surface area (Å²) in [5, 5.41) is 0.728. The van der Waals surface area contributed by atoms with Crippen molar-refractivity contribution in [2.45, 2.75) is 19.3 Å². The standard InChI is InChI=1S/C22H20N4O2/c27-21(13-15-5-1-2-6-15)25-26-22(28)18-14-20(16-9-11-23-12-10-16)24-19-8-4-3-7-17(18)19/h1,3-5,7-12,14-15H,2,6,13H2,(H,25,27)(H,26,28).